The zero-order chi connectivity index (χ0) is 22.8. The summed E-state index contributed by atoms with van der Waals surface area (Å²) in [4.78, 5) is 20.1. The van der Waals surface area contributed by atoms with E-state index >= 15 is 0 Å². The van der Waals surface area contributed by atoms with Gasteiger partial charge in [-0.25, -0.2) is 19.3 Å². The molecular weight excluding hydrogens is 421 g/mol. The van der Waals surface area contributed by atoms with Gasteiger partial charge in [-0.15, -0.1) is 0 Å². The van der Waals surface area contributed by atoms with E-state index in [-0.39, 0.29) is 5.82 Å². The van der Waals surface area contributed by atoms with Crippen molar-refractivity contribution in [2.45, 2.75) is 32.7 Å². The van der Waals surface area contributed by atoms with Crippen LogP contribution < -0.4 is 4.90 Å². The van der Waals surface area contributed by atoms with Gasteiger partial charge < -0.3 is 9.64 Å². The largest absolute Gasteiger partial charge is 0.378 e. The minimum Gasteiger partial charge on any atom is -0.378 e. The van der Waals surface area contributed by atoms with Crippen LogP contribution in [0.4, 0.5) is 10.3 Å². The Morgan fingerprint density at radius 1 is 1.06 bits per heavy atom. The number of fused-ring (bicyclic) bond motifs is 1. The minimum atomic E-state index is -0.324. The van der Waals surface area contributed by atoms with Crippen LogP contribution in [0, 0.1) is 19.7 Å². The molecule has 1 saturated heterocycles. The number of morpholine rings is 1. The lowest BCUT2D eigenvalue weighted by Gasteiger charge is -2.27. The fraction of sp³-hybridized carbons (Fsp3) is 0.375. The second-order valence-electron chi connectivity index (χ2n) is 8.36. The van der Waals surface area contributed by atoms with Crippen LogP contribution >= 0.6 is 0 Å². The number of rotatable bonds is 3. The first-order chi connectivity index (χ1) is 16.1. The topological polar surface area (TPSA) is 81.8 Å². The summed E-state index contributed by atoms with van der Waals surface area (Å²) < 4.78 is 22.0. The number of ether oxygens (including phenoxy) is 1. The van der Waals surface area contributed by atoms with Gasteiger partial charge in [0, 0.05) is 37.2 Å². The Balaban J connectivity index is 0.000000238. The molecule has 8 nitrogen and oxygen atoms in total. The lowest BCUT2D eigenvalue weighted by atomic mass is 10.1. The first kappa shape index (κ1) is 21.4. The molecule has 0 atom stereocenters. The Morgan fingerprint density at radius 2 is 1.88 bits per heavy atom. The number of anilines is 1. The van der Waals surface area contributed by atoms with E-state index in [0.717, 1.165) is 17.3 Å². The number of hydrogen-bond acceptors (Lipinski definition) is 7. The van der Waals surface area contributed by atoms with E-state index in [0.29, 0.717) is 54.7 Å². The average molecular weight is 448 g/mol. The summed E-state index contributed by atoms with van der Waals surface area (Å²) in [6.45, 7) is 6.34. The first-order valence-corrected chi connectivity index (χ1v) is 11.2. The summed E-state index contributed by atoms with van der Waals surface area (Å²) in [5.41, 5.74) is 3.48. The van der Waals surface area contributed by atoms with Crippen molar-refractivity contribution in [3.63, 3.8) is 0 Å². The fourth-order valence-corrected chi connectivity index (χ4v) is 3.72. The van der Waals surface area contributed by atoms with Gasteiger partial charge in [0.05, 0.1) is 24.9 Å². The van der Waals surface area contributed by atoms with Crippen LogP contribution in [0.15, 0.2) is 42.9 Å². The summed E-state index contributed by atoms with van der Waals surface area (Å²) in [5, 5.41) is 4.09. The van der Waals surface area contributed by atoms with Crippen LogP contribution in [0.5, 0.6) is 0 Å². The van der Waals surface area contributed by atoms with Gasteiger partial charge >= 0.3 is 0 Å². The zero-order valence-corrected chi connectivity index (χ0v) is 18.8. The summed E-state index contributed by atoms with van der Waals surface area (Å²) in [5.74, 6) is 0.209. The maximum Gasteiger partial charge on any atom is 0.228 e. The number of nitrogens with zero attached hydrogens (tertiary/aromatic N) is 7. The number of hydrogen-bond donors (Lipinski definition) is 0. The average Bonchev–Trinajstić information content (AvgIpc) is 3.53. The molecule has 1 aliphatic carbocycles. The highest BCUT2D eigenvalue weighted by molar-refractivity contribution is 5.88. The standard InChI is InChI=1S/C18H18FN5O.C6H8N2/c1-11-3-4-13(14(19)9-11)15-16-17(21-12(2)10-20-16)23-18(22-15)24-5-7-25-8-6-24;1-4-7-8(5-1)6-2-3-6/h3-4,9-10H,5-8H2,1-2H3;1,4-6H,2-3H2. The zero-order valence-electron chi connectivity index (χ0n) is 18.8. The summed E-state index contributed by atoms with van der Waals surface area (Å²) >= 11 is 0. The Bertz CT molecular complexity index is 1250. The second-order valence-corrected chi connectivity index (χ2v) is 8.36. The Morgan fingerprint density at radius 3 is 2.58 bits per heavy atom. The van der Waals surface area contributed by atoms with Crippen LogP contribution in [0.1, 0.15) is 30.1 Å². The molecule has 1 aliphatic heterocycles. The van der Waals surface area contributed by atoms with Crippen molar-refractivity contribution >= 4 is 17.1 Å². The molecule has 1 aromatic carbocycles. The highest BCUT2D eigenvalue weighted by atomic mass is 19.1. The van der Waals surface area contributed by atoms with Crippen LogP contribution in [0.25, 0.3) is 22.4 Å². The molecule has 2 aliphatic rings. The number of halogens is 1. The molecule has 0 radical (unpaired) electrons. The highest BCUT2D eigenvalue weighted by Crippen LogP contribution is 2.33. The van der Waals surface area contributed by atoms with Crippen LogP contribution in [0.3, 0.4) is 0 Å². The molecule has 0 spiro atoms. The van der Waals surface area contributed by atoms with E-state index in [2.05, 4.69) is 25.0 Å². The van der Waals surface area contributed by atoms with Crippen LogP contribution in [-0.4, -0.2) is 56.0 Å². The van der Waals surface area contributed by atoms with E-state index in [1.54, 1.807) is 12.3 Å². The Hall–Kier alpha value is -3.46. The molecule has 9 heteroatoms. The molecule has 4 aromatic rings. The van der Waals surface area contributed by atoms with Crippen molar-refractivity contribution in [3.05, 3.63) is 59.9 Å². The lowest BCUT2D eigenvalue weighted by Crippen LogP contribution is -2.37. The number of benzene rings is 1. The predicted octanol–water partition coefficient (Wildman–Crippen LogP) is 3.90. The monoisotopic (exact) mass is 447 g/mol. The minimum absolute atomic E-state index is 0.324. The van der Waals surface area contributed by atoms with E-state index in [9.17, 15) is 4.39 Å². The van der Waals surface area contributed by atoms with Gasteiger partial charge in [-0.1, -0.05) is 6.07 Å². The van der Waals surface area contributed by atoms with E-state index < -0.39 is 0 Å². The molecule has 0 bridgehead atoms. The molecule has 0 amide bonds. The van der Waals surface area contributed by atoms with Crippen molar-refractivity contribution < 1.29 is 9.13 Å². The van der Waals surface area contributed by atoms with Gasteiger partial charge in [0.15, 0.2) is 5.65 Å². The normalized spacial score (nSPS) is 15.9. The predicted molar refractivity (Wildman–Crippen MR) is 124 cm³/mol. The van der Waals surface area contributed by atoms with Crippen LogP contribution in [-0.2, 0) is 4.74 Å². The molecule has 4 heterocycles. The summed E-state index contributed by atoms with van der Waals surface area (Å²) in [6.07, 6.45) is 8.15. The van der Waals surface area contributed by atoms with Crippen molar-refractivity contribution in [2.75, 3.05) is 31.2 Å². The van der Waals surface area contributed by atoms with E-state index in [4.69, 9.17) is 4.74 Å². The van der Waals surface area contributed by atoms with Crippen molar-refractivity contribution in [3.8, 4) is 11.3 Å². The van der Waals surface area contributed by atoms with Crippen molar-refractivity contribution in [1.29, 1.82) is 0 Å². The third-order valence-electron chi connectivity index (χ3n) is 5.64. The molecule has 33 heavy (non-hydrogen) atoms. The van der Waals surface area contributed by atoms with Crippen LogP contribution in [0.2, 0.25) is 0 Å². The lowest BCUT2D eigenvalue weighted by molar-refractivity contribution is 0.122. The highest BCUT2D eigenvalue weighted by Gasteiger charge is 2.23. The second kappa shape index (κ2) is 9.19. The molecule has 3 aromatic heterocycles. The first-order valence-electron chi connectivity index (χ1n) is 11.2. The van der Waals surface area contributed by atoms with E-state index in [1.165, 1.54) is 18.9 Å². The molecule has 2 fully saturated rings. The van der Waals surface area contributed by atoms with E-state index in [1.807, 2.05) is 48.0 Å². The number of aromatic nitrogens is 6. The molecular formula is C24H26FN7O. The summed E-state index contributed by atoms with van der Waals surface area (Å²) in [6, 6.07) is 7.81. The molecule has 6 rings (SSSR count). The van der Waals surface area contributed by atoms with Gasteiger partial charge in [0.25, 0.3) is 0 Å². The van der Waals surface area contributed by atoms with Gasteiger partial charge in [-0.05, 0) is 50.5 Å². The maximum absolute atomic E-state index is 14.6. The smallest absolute Gasteiger partial charge is 0.228 e. The third-order valence-corrected chi connectivity index (χ3v) is 5.64. The molecule has 1 saturated carbocycles. The maximum atomic E-state index is 14.6. The van der Waals surface area contributed by atoms with Gasteiger partial charge in [0.2, 0.25) is 5.95 Å². The van der Waals surface area contributed by atoms with Crippen molar-refractivity contribution in [2.24, 2.45) is 0 Å². The van der Waals surface area contributed by atoms with Gasteiger partial charge in [-0.3, -0.25) is 4.68 Å². The van der Waals surface area contributed by atoms with Crippen molar-refractivity contribution in [1.82, 2.24) is 29.7 Å². The SMILES string of the molecule is Cc1ccc(-c2nc(N3CCOCC3)nc3nc(C)cnc23)c(F)c1.c1cnn(C2CC2)c1. The third kappa shape index (κ3) is 4.83. The van der Waals surface area contributed by atoms with Gasteiger partial charge in [0.1, 0.15) is 17.0 Å². The summed E-state index contributed by atoms with van der Waals surface area (Å²) in [7, 11) is 0. The molecule has 0 unspecified atom stereocenters. The quantitative estimate of drug-likeness (QED) is 0.471. The molecule has 170 valence electrons. The fourth-order valence-electron chi connectivity index (χ4n) is 3.72. The number of aryl methyl sites for hydroxylation is 2. The van der Waals surface area contributed by atoms with Gasteiger partial charge in [-0.2, -0.15) is 10.1 Å². The Kier molecular flexibility index (Phi) is 5.95. The Labute approximate surface area is 191 Å². The molecule has 0 N–H and O–H groups in total.